The van der Waals surface area contributed by atoms with E-state index in [0.29, 0.717) is 31.1 Å². The summed E-state index contributed by atoms with van der Waals surface area (Å²) in [6.45, 7) is 1.71. The molecule has 0 bridgehead atoms. The number of nitrogens with one attached hydrogen (secondary N) is 1. The van der Waals surface area contributed by atoms with Gasteiger partial charge in [-0.1, -0.05) is 6.07 Å². The zero-order valence-corrected chi connectivity index (χ0v) is 12.2. The Morgan fingerprint density at radius 1 is 1.36 bits per heavy atom. The highest BCUT2D eigenvalue weighted by atomic mass is 19.1. The largest absolute Gasteiger partial charge is 0.355 e. The van der Waals surface area contributed by atoms with Crippen molar-refractivity contribution >= 4 is 11.8 Å². The van der Waals surface area contributed by atoms with Crippen LogP contribution in [0.25, 0.3) is 0 Å². The zero-order chi connectivity index (χ0) is 15.9. The minimum Gasteiger partial charge on any atom is -0.355 e. The molecule has 1 N–H and O–H groups in total. The molecule has 1 aromatic carbocycles. The van der Waals surface area contributed by atoms with Gasteiger partial charge in [0.15, 0.2) is 0 Å². The normalized spacial score (nSPS) is 15.2. The highest BCUT2D eigenvalue weighted by Gasteiger charge is 2.24. The number of rotatable bonds is 4. The van der Waals surface area contributed by atoms with Crippen LogP contribution in [0.1, 0.15) is 29.6 Å². The van der Waals surface area contributed by atoms with E-state index in [2.05, 4.69) is 5.32 Å². The molecule has 2 amide bonds. The fraction of sp³-hybridized carbons (Fsp3) is 0.438. The summed E-state index contributed by atoms with van der Waals surface area (Å²) in [7, 11) is 0. The SMILES string of the molecule is N#CCC(=O)NCC1CCN(C(=O)c2cccc(F)c2)CC1. The van der Waals surface area contributed by atoms with Gasteiger partial charge in [-0.2, -0.15) is 5.26 Å². The summed E-state index contributed by atoms with van der Waals surface area (Å²) in [5, 5.41) is 11.1. The molecule has 1 fully saturated rings. The van der Waals surface area contributed by atoms with Crippen molar-refractivity contribution in [1.29, 1.82) is 5.26 Å². The first-order valence-electron chi connectivity index (χ1n) is 7.28. The molecule has 1 heterocycles. The van der Waals surface area contributed by atoms with Gasteiger partial charge in [0.25, 0.3) is 5.91 Å². The summed E-state index contributed by atoms with van der Waals surface area (Å²) in [6.07, 6.45) is 1.44. The van der Waals surface area contributed by atoms with Crippen molar-refractivity contribution < 1.29 is 14.0 Å². The van der Waals surface area contributed by atoms with Crippen LogP contribution in [-0.2, 0) is 4.79 Å². The number of carbonyl (C=O) groups excluding carboxylic acids is 2. The number of nitriles is 1. The Morgan fingerprint density at radius 3 is 2.73 bits per heavy atom. The van der Waals surface area contributed by atoms with E-state index >= 15 is 0 Å². The summed E-state index contributed by atoms with van der Waals surface area (Å²) in [5.41, 5.74) is 0.362. The Morgan fingerprint density at radius 2 is 2.09 bits per heavy atom. The second-order valence-corrected chi connectivity index (χ2v) is 5.38. The van der Waals surface area contributed by atoms with Crippen molar-refractivity contribution in [3.63, 3.8) is 0 Å². The first-order chi connectivity index (χ1) is 10.6. The minimum atomic E-state index is -0.416. The Bertz CT molecular complexity index is 589. The molecular formula is C16H18FN3O2. The lowest BCUT2D eigenvalue weighted by Crippen LogP contribution is -2.41. The number of likely N-dealkylation sites (tertiary alicyclic amines) is 1. The lowest BCUT2D eigenvalue weighted by molar-refractivity contribution is -0.120. The molecule has 0 saturated carbocycles. The fourth-order valence-electron chi connectivity index (χ4n) is 2.54. The molecule has 116 valence electrons. The van der Waals surface area contributed by atoms with Crippen LogP contribution in [0.2, 0.25) is 0 Å². The first-order valence-corrected chi connectivity index (χ1v) is 7.28. The average molecular weight is 303 g/mol. The van der Waals surface area contributed by atoms with Gasteiger partial charge < -0.3 is 10.2 Å². The molecule has 1 aromatic rings. The van der Waals surface area contributed by atoms with Gasteiger partial charge in [-0.15, -0.1) is 0 Å². The smallest absolute Gasteiger partial charge is 0.253 e. The maximum atomic E-state index is 13.2. The molecule has 0 unspecified atom stereocenters. The molecule has 5 nitrogen and oxygen atoms in total. The van der Waals surface area contributed by atoms with E-state index < -0.39 is 5.82 Å². The van der Waals surface area contributed by atoms with Crippen molar-refractivity contribution in [2.45, 2.75) is 19.3 Å². The number of piperidine rings is 1. The van der Waals surface area contributed by atoms with Crippen LogP contribution < -0.4 is 5.32 Å². The Labute approximate surface area is 128 Å². The summed E-state index contributed by atoms with van der Waals surface area (Å²) in [6, 6.07) is 7.50. The fourth-order valence-corrected chi connectivity index (χ4v) is 2.54. The number of nitrogens with zero attached hydrogens (tertiary/aromatic N) is 2. The first kappa shape index (κ1) is 16.0. The second-order valence-electron chi connectivity index (χ2n) is 5.38. The lowest BCUT2D eigenvalue weighted by atomic mass is 9.96. The van der Waals surface area contributed by atoms with E-state index in [4.69, 9.17) is 5.26 Å². The highest BCUT2D eigenvalue weighted by molar-refractivity contribution is 5.94. The summed E-state index contributed by atoms with van der Waals surface area (Å²) < 4.78 is 13.2. The van der Waals surface area contributed by atoms with Crippen LogP contribution in [0.5, 0.6) is 0 Å². The van der Waals surface area contributed by atoms with Crippen LogP contribution in [0.15, 0.2) is 24.3 Å². The minimum absolute atomic E-state index is 0.128. The molecule has 22 heavy (non-hydrogen) atoms. The number of amides is 2. The van der Waals surface area contributed by atoms with Gasteiger partial charge in [-0.3, -0.25) is 9.59 Å². The second kappa shape index (κ2) is 7.55. The van der Waals surface area contributed by atoms with Crippen molar-refractivity contribution in [3.05, 3.63) is 35.6 Å². The van der Waals surface area contributed by atoms with Crippen molar-refractivity contribution in [3.8, 4) is 6.07 Å². The number of hydrogen-bond donors (Lipinski definition) is 1. The van der Waals surface area contributed by atoms with E-state index in [0.717, 1.165) is 12.8 Å². The predicted molar refractivity (Wildman–Crippen MR) is 78.3 cm³/mol. The molecule has 0 radical (unpaired) electrons. The van der Waals surface area contributed by atoms with Crippen LogP contribution in [-0.4, -0.2) is 36.3 Å². The van der Waals surface area contributed by atoms with E-state index in [9.17, 15) is 14.0 Å². The van der Waals surface area contributed by atoms with Gasteiger partial charge in [-0.05, 0) is 37.0 Å². The molecule has 1 saturated heterocycles. The zero-order valence-electron chi connectivity index (χ0n) is 12.2. The summed E-state index contributed by atoms with van der Waals surface area (Å²) in [4.78, 5) is 25.2. The molecule has 1 aliphatic heterocycles. The van der Waals surface area contributed by atoms with Gasteiger partial charge in [0.2, 0.25) is 5.91 Å². The van der Waals surface area contributed by atoms with E-state index in [-0.39, 0.29) is 18.2 Å². The third-order valence-electron chi connectivity index (χ3n) is 3.80. The standard InChI is InChI=1S/C16H18FN3O2/c17-14-3-1-2-13(10-14)16(22)20-8-5-12(6-9-20)11-19-15(21)4-7-18/h1-3,10,12H,4-6,8-9,11H2,(H,19,21). The van der Waals surface area contributed by atoms with E-state index in [1.165, 1.54) is 18.2 Å². The van der Waals surface area contributed by atoms with Gasteiger partial charge in [0.05, 0.1) is 6.07 Å². The van der Waals surface area contributed by atoms with Gasteiger partial charge >= 0.3 is 0 Å². The summed E-state index contributed by atoms with van der Waals surface area (Å²) >= 11 is 0. The Kier molecular flexibility index (Phi) is 5.48. The van der Waals surface area contributed by atoms with Crippen molar-refractivity contribution in [2.75, 3.05) is 19.6 Å². The maximum absolute atomic E-state index is 13.2. The molecular weight excluding hydrogens is 285 g/mol. The molecule has 0 aromatic heterocycles. The molecule has 1 aliphatic rings. The van der Waals surface area contributed by atoms with Crippen LogP contribution in [0, 0.1) is 23.1 Å². The van der Waals surface area contributed by atoms with Gasteiger partial charge in [0.1, 0.15) is 12.2 Å². The molecule has 0 aliphatic carbocycles. The van der Waals surface area contributed by atoms with Crippen molar-refractivity contribution in [2.24, 2.45) is 5.92 Å². The van der Waals surface area contributed by atoms with Crippen molar-refractivity contribution in [1.82, 2.24) is 10.2 Å². The quantitative estimate of drug-likeness (QED) is 0.920. The molecule has 6 heteroatoms. The number of halogens is 1. The molecule has 0 spiro atoms. The molecule has 2 rings (SSSR count). The Hall–Kier alpha value is -2.42. The average Bonchev–Trinajstić information content (AvgIpc) is 2.53. The van der Waals surface area contributed by atoms with Crippen LogP contribution in [0.3, 0.4) is 0 Å². The Balaban J connectivity index is 1.81. The van der Waals surface area contributed by atoms with Crippen LogP contribution in [0.4, 0.5) is 4.39 Å². The third-order valence-corrected chi connectivity index (χ3v) is 3.80. The van der Waals surface area contributed by atoms with E-state index in [1.807, 2.05) is 0 Å². The topological polar surface area (TPSA) is 73.2 Å². The maximum Gasteiger partial charge on any atom is 0.253 e. The lowest BCUT2D eigenvalue weighted by Gasteiger charge is -2.32. The van der Waals surface area contributed by atoms with Gasteiger partial charge in [0, 0.05) is 25.2 Å². The van der Waals surface area contributed by atoms with Gasteiger partial charge in [-0.25, -0.2) is 4.39 Å². The molecule has 0 atom stereocenters. The highest BCUT2D eigenvalue weighted by Crippen LogP contribution is 2.18. The van der Waals surface area contributed by atoms with E-state index in [1.54, 1.807) is 17.0 Å². The predicted octanol–water partition coefficient (Wildman–Crippen LogP) is 1.71. The monoisotopic (exact) mass is 303 g/mol. The van der Waals surface area contributed by atoms with Crippen LogP contribution >= 0.6 is 0 Å². The third kappa shape index (κ3) is 4.29. The number of carbonyl (C=O) groups is 2. The summed E-state index contributed by atoms with van der Waals surface area (Å²) in [5.74, 6) is -0.535. The number of benzene rings is 1. The number of hydrogen-bond acceptors (Lipinski definition) is 3.